The number of para-hydroxylation sites is 1. The summed E-state index contributed by atoms with van der Waals surface area (Å²) < 4.78 is 7.51. The van der Waals surface area contributed by atoms with E-state index in [1.54, 1.807) is 41.1 Å². The normalized spacial score (nSPS) is 10.8. The van der Waals surface area contributed by atoms with Crippen LogP contribution in [0.1, 0.15) is 21.7 Å². The van der Waals surface area contributed by atoms with Gasteiger partial charge < -0.3 is 10.1 Å². The molecule has 0 radical (unpaired) electrons. The van der Waals surface area contributed by atoms with Crippen molar-refractivity contribution in [1.82, 2.24) is 14.8 Å². The molecular weight excluding hydrogens is 472 g/mol. The SMILES string of the molecule is Cc1cccc(-n2nc(C(=O)Nc3ccc(Oc4ccccc4)cc3)nc2-c2cccc(Cl)c2)c1C. The number of rotatable bonds is 6. The summed E-state index contributed by atoms with van der Waals surface area (Å²) in [5.74, 6) is 1.57. The maximum absolute atomic E-state index is 13.1. The van der Waals surface area contributed by atoms with Crippen molar-refractivity contribution in [3.8, 4) is 28.6 Å². The smallest absolute Gasteiger partial charge is 0.295 e. The Bertz CT molecular complexity index is 1530. The maximum Gasteiger partial charge on any atom is 0.295 e. The van der Waals surface area contributed by atoms with E-state index in [4.69, 9.17) is 16.3 Å². The monoisotopic (exact) mass is 494 g/mol. The van der Waals surface area contributed by atoms with Crippen LogP contribution < -0.4 is 10.1 Å². The third-order valence-electron chi connectivity index (χ3n) is 5.79. The van der Waals surface area contributed by atoms with Gasteiger partial charge in [-0.25, -0.2) is 9.67 Å². The number of aryl methyl sites for hydroxylation is 1. The third kappa shape index (κ3) is 4.99. The minimum atomic E-state index is -0.418. The van der Waals surface area contributed by atoms with Gasteiger partial charge in [-0.1, -0.05) is 54.1 Å². The molecule has 0 spiro atoms. The molecule has 0 unspecified atom stereocenters. The van der Waals surface area contributed by atoms with E-state index in [2.05, 4.69) is 15.4 Å². The van der Waals surface area contributed by atoms with Crippen LogP contribution in [0.2, 0.25) is 5.02 Å². The molecule has 5 aromatic rings. The number of hydrogen-bond acceptors (Lipinski definition) is 4. The number of ether oxygens (including phenoxy) is 1. The molecule has 5 rings (SSSR count). The van der Waals surface area contributed by atoms with E-state index in [0.717, 1.165) is 28.1 Å². The van der Waals surface area contributed by atoms with Gasteiger partial charge in [0.25, 0.3) is 5.91 Å². The molecule has 1 aromatic heterocycles. The zero-order valence-electron chi connectivity index (χ0n) is 19.8. The zero-order valence-corrected chi connectivity index (χ0v) is 20.5. The van der Waals surface area contributed by atoms with Gasteiger partial charge in [-0.2, -0.15) is 0 Å². The summed E-state index contributed by atoms with van der Waals surface area (Å²) in [6.45, 7) is 4.06. The van der Waals surface area contributed by atoms with Crippen LogP contribution in [-0.4, -0.2) is 20.7 Å². The lowest BCUT2D eigenvalue weighted by Crippen LogP contribution is -2.14. The van der Waals surface area contributed by atoms with E-state index in [-0.39, 0.29) is 5.82 Å². The first-order valence-corrected chi connectivity index (χ1v) is 11.8. The predicted octanol–water partition coefficient (Wildman–Crippen LogP) is 7.25. The fourth-order valence-corrected chi connectivity index (χ4v) is 3.96. The van der Waals surface area contributed by atoms with Crippen LogP contribution in [0.4, 0.5) is 5.69 Å². The van der Waals surface area contributed by atoms with Gasteiger partial charge in [-0.3, -0.25) is 4.79 Å². The molecule has 0 aliphatic heterocycles. The molecule has 1 amide bonds. The van der Waals surface area contributed by atoms with E-state index in [1.807, 2.05) is 74.5 Å². The van der Waals surface area contributed by atoms with Crippen LogP contribution in [0.25, 0.3) is 17.1 Å². The first kappa shape index (κ1) is 23.3. The Morgan fingerprint density at radius 2 is 1.58 bits per heavy atom. The van der Waals surface area contributed by atoms with Crippen molar-refractivity contribution in [3.63, 3.8) is 0 Å². The standard InChI is InChI=1S/C29H23ClN4O2/c1-19-8-6-13-26(20(19)2)34-28(21-9-7-10-22(30)18-21)32-27(33-34)29(35)31-23-14-16-25(17-15-23)36-24-11-4-3-5-12-24/h3-18H,1-2H3,(H,31,35). The van der Waals surface area contributed by atoms with Crippen molar-refractivity contribution in [2.75, 3.05) is 5.32 Å². The van der Waals surface area contributed by atoms with Gasteiger partial charge in [0, 0.05) is 16.3 Å². The quantitative estimate of drug-likeness (QED) is 0.270. The Morgan fingerprint density at radius 1 is 0.861 bits per heavy atom. The highest BCUT2D eigenvalue weighted by molar-refractivity contribution is 6.30. The van der Waals surface area contributed by atoms with Crippen LogP contribution in [0.15, 0.2) is 97.1 Å². The van der Waals surface area contributed by atoms with E-state index < -0.39 is 5.91 Å². The first-order chi connectivity index (χ1) is 17.5. The fourth-order valence-electron chi connectivity index (χ4n) is 3.77. The number of benzene rings is 4. The Morgan fingerprint density at radius 3 is 2.33 bits per heavy atom. The molecule has 0 aliphatic rings. The van der Waals surface area contributed by atoms with E-state index >= 15 is 0 Å². The van der Waals surface area contributed by atoms with Crippen molar-refractivity contribution in [3.05, 3.63) is 119 Å². The summed E-state index contributed by atoms with van der Waals surface area (Å²) in [6.07, 6.45) is 0. The molecule has 0 bridgehead atoms. The Labute approximate surface area is 214 Å². The summed E-state index contributed by atoms with van der Waals surface area (Å²) in [5, 5.41) is 8.03. The molecule has 36 heavy (non-hydrogen) atoms. The summed E-state index contributed by atoms with van der Waals surface area (Å²) >= 11 is 6.24. The minimum absolute atomic E-state index is 0.0514. The number of carbonyl (C=O) groups excluding carboxylic acids is 1. The Hall–Kier alpha value is -4.42. The minimum Gasteiger partial charge on any atom is -0.457 e. The number of hydrogen-bond donors (Lipinski definition) is 1. The second kappa shape index (κ2) is 10.1. The Balaban J connectivity index is 1.44. The highest BCUT2D eigenvalue weighted by Crippen LogP contribution is 2.27. The molecule has 1 N–H and O–H groups in total. The number of nitrogens with zero attached hydrogens (tertiary/aromatic N) is 3. The van der Waals surface area contributed by atoms with E-state index in [0.29, 0.717) is 22.3 Å². The lowest BCUT2D eigenvalue weighted by molar-refractivity contribution is 0.101. The van der Waals surface area contributed by atoms with Gasteiger partial charge in [-0.15, -0.1) is 5.10 Å². The molecular formula is C29H23ClN4O2. The lowest BCUT2D eigenvalue weighted by Gasteiger charge is -2.11. The Kier molecular flexibility index (Phi) is 6.52. The summed E-state index contributed by atoms with van der Waals surface area (Å²) in [6, 6.07) is 29.9. The number of anilines is 1. The van der Waals surface area contributed by atoms with Gasteiger partial charge >= 0.3 is 0 Å². The lowest BCUT2D eigenvalue weighted by atomic mass is 10.1. The zero-order chi connectivity index (χ0) is 25.1. The highest BCUT2D eigenvalue weighted by atomic mass is 35.5. The van der Waals surface area contributed by atoms with Crippen LogP contribution in [0, 0.1) is 13.8 Å². The third-order valence-corrected chi connectivity index (χ3v) is 6.02. The van der Waals surface area contributed by atoms with Gasteiger partial charge in [0.15, 0.2) is 5.82 Å². The summed E-state index contributed by atoms with van der Waals surface area (Å²) in [5.41, 5.74) is 4.37. The van der Waals surface area contributed by atoms with Crippen molar-refractivity contribution >= 4 is 23.2 Å². The molecule has 0 atom stereocenters. The van der Waals surface area contributed by atoms with Crippen LogP contribution >= 0.6 is 11.6 Å². The van der Waals surface area contributed by atoms with Gasteiger partial charge in [-0.05, 0) is 79.6 Å². The van der Waals surface area contributed by atoms with Crippen molar-refractivity contribution in [1.29, 1.82) is 0 Å². The average Bonchev–Trinajstić information content (AvgIpc) is 3.33. The largest absolute Gasteiger partial charge is 0.457 e. The number of halogens is 1. The van der Waals surface area contributed by atoms with Crippen molar-refractivity contribution in [2.45, 2.75) is 13.8 Å². The number of nitrogens with one attached hydrogen (secondary N) is 1. The molecule has 6 nitrogen and oxygen atoms in total. The fraction of sp³-hybridized carbons (Fsp3) is 0.0690. The van der Waals surface area contributed by atoms with Crippen LogP contribution in [0.5, 0.6) is 11.5 Å². The number of amides is 1. The average molecular weight is 495 g/mol. The second-order valence-electron chi connectivity index (χ2n) is 8.29. The molecule has 7 heteroatoms. The number of carbonyl (C=O) groups is 1. The van der Waals surface area contributed by atoms with Crippen LogP contribution in [0.3, 0.4) is 0 Å². The molecule has 0 aliphatic carbocycles. The van der Waals surface area contributed by atoms with Crippen molar-refractivity contribution < 1.29 is 9.53 Å². The van der Waals surface area contributed by atoms with E-state index in [9.17, 15) is 4.79 Å². The first-order valence-electron chi connectivity index (χ1n) is 11.4. The number of aromatic nitrogens is 3. The molecule has 0 fully saturated rings. The van der Waals surface area contributed by atoms with Gasteiger partial charge in [0.1, 0.15) is 11.5 Å². The predicted molar refractivity (Wildman–Crippen MR) is 142 cm³/mol. The highest BCUT2D eigenvalue weighted by Gasteiger charge is 2.20. The van der Waals surface area contributed by atoms with Gasteiger partial charge in [0.2, 0.25) is 5.82 Å². The summed E-state index contributed by atoms with van der Waals surface area (Å²) in [7, 11) is 0. The molecule has 0 saturated heterocycles. The van der Waals surface area contributed by atoms with Gasteiger partial charge in [0.05, 0.1) is 5.69 Å². The molecule has 4 aromatic carbocycles. The molecule has 178 valence electrons. The van der Waals surface area contributed by atoms with Crippen LogP contribution in [-0.2, 0) is 0 Å². The topological polar surface area (TPSA) is 69.0 Å². The maximum atomic E-state index is 13.1. The summed E-state index contributed by atoms with van der Waals surface area (Å²) in [4.78, 5) is 17.7. The van der Waals surface area contributed by atoms with Crippen molar-refractivity contribution in [2.24, 2.45) is 0 Å². The molecule has 1 heterocycles. The molecule has 0 saturated carbocycles. The van der Waals surface area contributed by atoms with E-state index in [1.165, 1.54) is 0 Å². The second-order valence-corrected chi connectivity index (χ2v) is 8.73.